The summed E-state index contributed by atoms with van der Waals surface area (Å²) in [6, 6.07) is 4.56. The van der Waals surface area contributed by atoms with Crippen LogP contribution in [0, 0.1) is 0 Å². The van der Waals surface area contributed by atoms with Crippen molar-refractivity contribution in [1.29, 1.82) is 0 Å². The second-order valence-electron chi connectivity index (χ2n) is 7.46. The third-order valence-corrected chi connectivity index (χ3v) is 6.14. The average molecular weight is 485 g/mol. The monoisotopic (exact) mass is 484 g/mol. The van der Waals surface area contributed by atoms with E-state index < -0.39 is 30.5 Å². The lowest BCUT2D eigenvalue weighted by Gasteiger charge is -2.33. The second kappa shape index (κ2) is 10.9. The number of thiophene rings is 1. The third-order valence-electron chi connectivity index (χ3n) is 5.24. The van der Waals surface area contributed by atoms with Crippen LogP contribution < -0.4 is 10.2 Å². The number of hydrogen-bond donors (Lipinski definition) is 1. The van der Waals surface area contributed by atoms with Crippen LogP contribution in [0.25, 0.3) is 11.3 Å². The number of furan rings is 1. The first-order valence-electron chi connectivity index (χ1n) is 10.9. The van der Waals surface area contributed by atoms with E-state index in [9.17, 15) is 14.4 Å². The number of nitrogens with one attached hydrogen (secondary N) is 1. The number of nitrogens with zero attached hydrogens (tertiary/aromatic N) is 3. The SMILES string of the molecule is CCOC(=O)c1c(-c2ccco2)csc1NC(=O)COC(=O)C1CCCCN1c1ncccn1. The standard InChI is InChI=1S/C23H24N4O6S/c1-2-31-22(30)19-15(17-8-5-12-32-17)14-34-20(19)26-18(28)13-33-21(29)16-7-3-4-11-27(16)23-24-9-6-10-25-23/h5-6,8-10,12,14,16H,2-4,7,11,13H2,1H3,(H,26,28). The van der Waals surface area contributed by atoms with E-state index in [1.807, 2.05) is 0 Å². The van der Waals surface area contributed by atoms with Crippen molar-refractivity contribution in [3.63, 3.8) is 0 Å². The first kappa shape index (κ1) is 23.4. The first-order valence-corrected chi connectivity index (χ1v) is 11.8. The number of ether oxygens (including phenoxy) is 2. The van der Waals surface area contributed by atoms with Crippen LogP contribution in [0.5, 0.6) is 0 Å². The van der Waals surface area contributed by atoms with Gasteiger partial charge in [0, 0.05) is 29.9 Å². The summed E-state index contributed by atoms with van der Waals surface area (Å²) in [5, 5.41) is 4.65. The molecule has 3 aromatic heterocycles. The molecule has 3 aromatic rings. The van der Waals surface area contributed by atoms with Crippen LogP contribution in [0.15, 0.2) is 46.7 Å². The van der Waals surface area contributed by atoms with Gasteiger partial charge in [-0.05, 0) is 44.4 Å². The largest absolute Gasteiger partial charge is 0.464 e. The minimum atomic E-state index is -0.580. The van der Waals surface area contributed by atoms with Crippen molar-refractivity contribution >= 4 is 40.1 Å². The highest BCUT2D eigenvalue weighted by Gasteiger charge is 2.32. The molecule has 4 heterocycles. The predicted octanol–water partition coefficient (Wildman–Crippen LogP) is 3.52. The summed E-state index contributed by atoms with van der Waals surface area (Å²) in [6.45, 7) is 2.02. The van der Waals surface area contributed by atoms with E-state index in [2.05, 4.69) is 15.3 Å². The molecule has 0 aromatic carbocycles. The van der Waals surface area contributed by atoms with Crippen molar-refractivity contribution in [3.05, 3.63) is 47.8 Å². The van der Waals surface area contributed by atoms with Crippen LogP contribution in [-0.4, -0.2) is 53.6 Å². The molecule has 1 amide bonds. The van der Waals surface area contributed by atoms with Gasteiger partial charge in [-0.25, -0.2) is 19.6 Å². The zero-order chi connectivity index (χ0) is 23.9. The van der Waals surface area contributed by atoms with Gasteiger partial charge in [-0.2, -0.15) is 0 Å². The summed E-state index contributed by atoms with van der Waals surface area (Å²) in [6.07, 6.45) is 7.09. The van der Waals surface area contributed by atoms with Crippen molar-refractivity contribution in [2.75, 3.05) is 30.0 Å². The van der Waals surface area contributed by atoms with E-state index in [0.717, 1.165) is 24.2 Å². The van der Waals surface area contributed by atoms with Gasteiger partial charge in [0.1, 0.15) is 22.4 Å². The minimum absolute atomic E-state index is 0.181. The fourth-order valence-electron chi connectivity index (χ4n) is 3.72. The van der Waals surface area contributed by atoms with Gasteiger partial charge in [-0.15, -0.1) is 11.3 Å². The molecule has 1 unspecified atom stereocenters. The summed E-state index contributed by atoms with van der Waals surface area (Å²) >= 11 is 1.16. The van der Waals surface area contributed by atoms with Gasteiger partial charge in [0.15, 0.2) is 6.61 Å². The Kier molecular flexibility index (Phi) is 7.53. The zero-order valence-corrected chi connectivity index (χ0v) is 19.4. The number of aromatic nitrogens is 2. The molecule has 0 radical (unpaired) electrons. The molecular weight excluding hydrogens is 460 g/mol. The topological polar surface area (TPSA) is 124 Å². The molecule has 0 spiro atoms. The van der Waals surface area contributed by atoms with Gasteiger partial charge < -0.3 is 24.1 Å². The molecule has 1 fully saturated rings. The fraction of sp³-hybridized carbons (Fsp3) is 0.348. The molecule has 1 aliphatic heterocycles. The van der Waals surface area contributed by atoms with Crippen molar-refractivity contribution in [3.8, 4) is 11.3 Å². The normalized spacial score (nSPS) is 15.6. The van der Waals surface area contributed by atoms with Crippen LogP contribution >= 0.6 is 11.3 Å². The van der Waals surface area contributed by atoms with Gasteiger partial charge >= 0.3 is 11.9 Å². The molecule has 0 aliphatic carbocycles. The van der Waals surface area contributed by atoms with E-state index in [1.54, 1.807) is 47.8 Å². The zero-order valence-electron chi connectivity index (χ0n) is 18.6. The quantitative estimate of drug-likeness (QED) is 0.478. The lowest BCUT2D eigenvalue weighted by atomic mass is 10.0. The number of carbonyl (C=O) groups is 3. The molecule has 0 saturated carbocycles. The average Bonchev–Trinajstić information content (AvgIpc) is 3.53. The van der Waals surface area contributed by atoms with E-state index in [4.69, 9.17) is 13.9 Å². The first-order chi connectivity index (χ1) is 16.6. The Morgan fingerprint density at radius 2 is 2.03 bits per heavy atom. The third kappa shape index (κ3) is 5.25. The molecule has 1 saturated heterocycles. The van der Waals surface area contributed by atoms with Crippen molar-refractivity contribution in [2.24, 2.45) is 0 Å². The van der Waals surface area contributed by atoms with E-state index in [-0.39, 0.29) is 12.2 Å². The molecule has 0 bridgehead atoms. The molecule has 4 rings (SSSR count). The number of piperidine rings is 1. The van der Waals surface area contributed by atoms with Crippen molar-refractivity contribution in [2.45, 2.75) is 32.2 Å². The lowest BCUT2D eigenvalue weighted by Crippen LogP contribution is -2.47. The summed E-state index contributed by atoms with van der Waals surface area (Å²) in [5.74, 6) is -0.730. The fourth-order valence-corrected chi connectivity index (χ4v) is 4.67. The van der Waals surface area contributed by atoms with Crippen LogP contribution in [0.3, 0.4) is 0 Å². The summed E-state index contributed by atoms with van der Waals surface area (Å²) in [5.41, 5.74) is 0.711. The van der Waals surface area contributed by atoms with Crippen LogP contribution in [0.4, 0.5) is 10.9 Å². The Bertz CT molecular complexity index is 1130. The second-order valence-corrected chi connectivity index (χ2v) is 8.34. The molecule has 10 nitrogen and oxygen atoms in total. The van der Waals surface area contributed by atoms with Gasteiger partial charge in [-0.3, -0.25) is 4.79 Å². The summed E-state index contributed by atoms with van der Waals surface area (Å²) in [7, 11) is 0. The lowest BCUT2D eigenvalue weighted by molar-refractivity contribution is -0.149. The van der Waals surface area contributed by atoms with Gasteiger partial charge in [-0.1, -0.05) is 0 Å². The summed E-state index contributed by atoms with van der Waals surface area (Å²) in [4.78, 5) is 48.2. The number of carbonyl (C=O) groups excluding carboxylic acids is 3. The van der Waals surface area contributed by atoms with Crippen molar-refractivity contribution in [1.82, 2.24) is 9.97 Å². The molecule has 1 aliphatic rings. The number of rotatable bonds is 8. The molecule has 34 heavy (non-hydrogen) atoms. The van der Waals surface area contributed by atoms with Crippen LogP contribution in [0.1, 0.15) is 36.5 Å². The molecule has 11 heteroatoms. The molecular formula is C23H24N4O6S. The maximum Gasteiger partial charge on any atom is 0.341 e. The number of amides is 1. The van der Waals surface area contributed by atoms with E-state index in [0.29, 0.717) is 35.2 Å². The molecule has 178 valence electrons. The van der Waals surface area contributed by atoms with Gasteiger partial charge in [0.25, 0.3) is 5.91 Å². The van der Waals surface area contributed by atoms with E-state index >= 15 is 0 Å². The maximum atomic E-state index is 12.8. The number of anilines is 2. The highest BCUT2D eigenvalue weighted by Crippen LogP contribution is 2.36. The Balaban J connectivity index is 1.42. The Labute approximate surface area is 199 Å². The maximum absolute atomic E-state index is 12.8. The Morgan fingerprint density at radius 3 is 2.76 bits per heavy atom. The highest BCUT2D eigenvalue weighted by atomic mass is 32.1. The Hall–Kier alpha value is -3.73. The smallest absolute Gasteiger partial charge is 0.341 e. The van der Waals surface area contributed by atoms with Crippen LogP contribution in [0.2, 0.25) is 0 Å². The molecule has 1 N–H and O–H groups in total. The van der Waals surface area contributed by atoms with Gasteiger partial charge in [0.2, 0.25) is 5.95 Å². The Morgan fingerprint density at radius 1 is 1.21 bits per heavy atom. The molecule has 1 atom stereocenters. The van der Waals surface area contributed by atoms with E-state index in [1.165, 1.54) is 6.26 Å². The van der Waals surface area contributed by atoms with Crippen LogP contribution in [-0.2, 0) is 19.1 Å². The minimum Gasteiger partial charge on any atom is -0.464 e. The summed E-state index contributed by atoms with van der Waals surface area (Å²) < 4.78 is 15.9. The number of hydrogen-bond acceptors (Lipinski definition) is 10. The van der Waals surface area contributed by atoms with Gasteiger partial charge in [0.05, 0.1) is 12.9 Å². The van der Waals surface area contributed by atoms with Crippen molar-refractivity contribution < 1.29 is 28.3 Å². The predicted molar refractivity (Wildman–Crippen MR) is 125 cm³/mol. The highest BCUT2D eigenvalue weighted by molar-refractivity contribution is 7.15. The number of esters is 2.